The van der Waals surface area contributed by atoms with Crippen LogP contribution in [-0.4, -0.2) is 33.5 Å². The van der Waals surface area contributed by atoms with Crippen LogP contribution in [0.1, 0.15) is 106 Å². The van der Waals surface area contributed by atoms with E-state index in [1.165, 1.54) is 5.57 Å². The minimum Gasteiger partial charge on any atom is -0.481 e. The molecule has 0 radical (unpaired) electrons. The number of aliphatic carboxylic acids is 1. The molecule has 5 rings (SSSR count). The van der Waals surface area contributed by atoms with Crippen LogP contribution in [0.25, 0.3) is 0 Å². The third-order valence-corrected chi connectivity index (χ3v) is 12.9. The zero-order valence-corrected chi connectivity index (χ0v) is 22.6. The molecule has 0 aliphatic heterocycles. The van der Waals surface area contributed by atoms with Crippen molar-refractivity contribution in [3.63, 3.8) is 0 Å². The largest absolute Gasteiger partial charge is 0.481 e. The number of aliphatic hydroxyl groups excluding tert-OH is 2. The van der Waals surface area contributed by atoms with Crippen molar-refractivity contribution in [2.75, 3.05) is 0 Å². The molecule has 4 saturated carbocycles. The maximum atomic E-state index is 12.8. The Kier molecular flexibility index (Phi) is 5.20. The fourth-order valence-corrected chi connectivity index (χ4v) is 10.8. The number of carboxylic acids is 1. The second-order valence-electron chi connectivity index (χ2n) is 15.2. The van der Waals surface area contributed by atoms with Crippen LogP contribution in [0.3, 0.4) is 0 Å². The molecular formula is C30H48O4. The summed E-state index contributed by atoms with van der Waals surface area (Å²) >= 11 is 0. The lowest BCUT2D eigenvalue weighted by Crippen LogP contribution is -2.68. The molecule has 0 amide bonds. The van der Waals surface area contributed by atoms with E-state index in [2.05, 4.69) is 54.5 Å². The second-order valence-corrected chi connectivity index (χ2v) is 15.2. The van der Waals surface area contributed by atoms with Gasteiger partial charge >= 0.3 is 5.97 Å². The van der Waals surface area contributed by atoms with Gasteiger partial charge in [0.05, 0.1) is 17.6 Å². The number of hydrogen-bond acceptors (Lipinski definition) is 3. The van der Waals surface area contributed by atoms with E-state index in [0.717, 1.165) is 57.8 Å². The van der Waals surface area contributed by atoms with Crippen LogP contribution in [0.15, 0.2) is 11.6 Å². The zero-order chi connectivity index (χ0) is 25.1. The third kappa shape index (κ3) is 2.88. The first-order chi connectivity index (χ1) is 15.6. The van der Waals surface area contributed by atoms with Crippen molar-refractivity contribution in [2.24, 2.45) is 50.2 Å². The van der Waals surface area contributed by atoms with Gasteiger partial charge in [-0.3, -0.25) is 4.79 Å². The summed E-state index contributed by atoms with van der Waals surface area (Å²) in [6, 6.07) is 0. The molecule has 4 heteroatoms. The van der Waals surface area contributed by atoms with Crippen LogP contribution in [0.5, 0.6) is 0 Å². The number of rotatable bonds is 1. The lowest BCUT2D eigenvalue weighted by Gasteiger charge is -2.72. The van der Waals surface area contributed by atoms with E-state index in [1.54, 1.807) is 0 Å². The highest BCUT2D eigenvalue weighted by Crippen LogP contribution is 2.75. The van der Waals surface area contributed by atoms with Crippen LogP contribution < -0.4 is 0 Å². The van der Waals surface area contributed by atoms with Gasteiger partial charge in [-0.05, 0) is 103 Å². The Labute approximate surface area is 206 Å². The molecule has 3 N–H and O–H groups in total. The summed E-state index contributed by atoms with van der Waals surface area (Å²) in [6.45, 7) is 16.2. The fraction of sp³-hybridized carbons (Fsp3) is 0.900. The van der Waals surface area contributed by atoms with Gasteiger partial charge in [0.2, 0.25) is 0 Å². The molecule has 4 fully saturated rings. The van der Waals surface area contributed by atoms with Crippen molar-refractivity contribution >= 4 is 5.97 Å². The van der Waals surface area contributed by atoms with Crippen LogP contribution >= 0.6 is 0 Å². The molecule has 0 aromatic carbocycles. The summed E-state index contributed by atoms with van der Waals surface area (Å²) in [5, 5.41) is 33.1. The van der Waals surface area contributed by atoms with Crippen LogP contribution in [0.4, 0.5) is 0 Å². The topological polar surface area (TPSA) is 77.8 Å². The van der Waals surface area contributed by atoms with Crippen molar-refractivity contribution in [3.8, 4) is 0 Å². The highest BCUT2D eigenvalue weighted by molar-refractivity contribution is 5.76. The van der Waals surface area contributed by atoms with Crippen LogP contribution in [-0.2, 0) is 4.79 Å². The Hall–Kier alpha value is -0.870. The molecule has 34 heavy (non-hydrogen) atoms. The minimum atomic E-state index is -0.624. The molecule has 9 atom stereocenters. The van der Waals surface area contributed by atoms with Crippen LogP contribution in [0, 0.1) is 50.2 Å². The van der Waals surface area contributed by atoms with E-state index >= 15 is 0 Å². The molecule has 4 nitrogen and oxygen atoms in total. The van der Waals surface area contributed by atoms with Gasteiger partial charge in [-0.15, -0.1) is 0 Å². The van der Waals surface area contributed by atoms with Gasteiger partial charge in [0.25, 0.3) is 0 Å². The first kappa shape index (κ1) is 24.8. The smallest absolute Gasteiger partial charge is 0.310 e. The normalized spacial score (nSPS) is 53.4. The predicted molar refractivity (Wildman–Crippen MR) is 134 cm³/mol. The number of aliphatic hydroxyl groups is 2. The van der Waals surface area contributed by atoms with E-state index in [9.17, 15) is 20.1 Å². The average Bonchev–Trinajstić information content (AvgIpc) is 2.70. The van der Waals surface area contributed by atoms with Gasteiger partial charge in [0.15, 0.2) is 0 Å². The van der Waals surface area contributed by atoms with Gasteiger partial charge in [-0.25, -0.2) is 0 Å². The van der Waals surface area contributed by atoms with Gasteiger partial charge in [0.1, 0.15) is 0 Å². The highest BCUT2D eigenvalue weighted by Gasteiger charge is 2.70. The Morgan fingerprint density at radius 1 is 0.912 bits per heavy atom. The van der Waals surface area contributed by atoms with Gasteiger partial charge in [-0.2, -0.15) is 0 Å². The summed E-state index contributed by atoms with van der Waals surface area (Å²) in [6.07, 6.45) is 9.49. The summed E-state index contributed by atoms with van der Waals surface area (Å²) in [4.78, 5) is 12.8. The lowest BCUT2D eigenvalue weighted by molar-refractivity contribution is -0.242. The maximum Gasteiger partial charge on any atom is 0.310 e. The summed E-state index contributed by atoms with van der Waals surface area (Å²) in [5.74, 6) is 0.0121. The van der Waals surface area contributed by atoms with Crippen molar-refractivity contribution < 1.29 is 20.1 Å². The molecule has 0 spiro atoms. The number of allylic oxidation sites excluding steroid dienone is 2. The summed E-state index contributed by atoms with van der Waals surface area (Å²) in [5.41, 5.74) is 0.421. The van der Waals surface area contributed by atoms with E-state index in [1.807, 2.05) is 0 Å². The molecule has 0 saturated heterocycles. The first-order valence-electron chi connectivity index (χ1n) is 13.9. The SMILES string of the molecule is CC1(C)CC[C@]2(C(=O)O)CC[C@]3(C)C(=CC[C@@H]4[C@@]5(C)CC[C@H](O)C(C)(C)[C@H]5[C@H](O)C[C@]43C)[C@H]2C1. The summed E-state index contributed by atoms with van der Waals surface area (Å²) in [7, 11) is 0. The lowest BCUT2D eigenvalue weighted by atomic mass is 9.33. The molecule has 5 aliphatic rings. The molecule has 0 bridgehead atoms. The number of carboxylic acid groups (broad SMARTS) is 1. The van der Waals surface area contributed by atoms with E-state index in [-0.39, 0.29) is 45.0 Å². The molecule has 0 aromatic rings. The maximum absolute atomic E-state index is 12.8. The van der Waals surface area contributed by atoms with Crippen molar-refractivity contribution in [3.05, 3.63) is 11.6 Å². The zero-order valence-electron chi connectivity index (χ0n) is 22.6. The molecule has 192 valence electrons. The predicted octanol–water partition coefficient (Wildman–Crippen LogP) is 6.20. The number of carbonyl (C=O) groups is 1. The van der Waals surface area contributed by atoms with E-state index < -0.39 is 17.5 Å². The van der Waals surface area contributed by atoms with Crippen molar-refractivity contribution in [2.45, 2.75) is 118 Å². The van der Waals surface area contributed by atoms with Crippen molar-refractivity contribution in [1.29, 1.82) is 0 Å². The van der Waals surface area contributed by atoms with E-state index in [0.29, 0.717) is 5.92 Å². The average molecular weight is 473 g/mol. The van der Waals surface area contributed by atoms with Crippen molar-refractivity contribution in [1.82, 2.24) is 0 Å². The Balaban J connectivity index is 1.63. The first-order valence-corrected chi connectivity index (χ1v) is 13.9. The second kappa shape index (κ2) is 7.12. The standard InChI is InChI=1S/C30H48O4/c1-25(2)12-14-30(24(33)34)15-13-28(6)18(19(30)16-25)8-9-21-27(5)11-10-22(32)26(3,4)23(27)20(31)17-29(21,28)7/h8,19-23,31-32H,9-17H2,1-7H3,(H,33,34)/t19-,20-,21-,22+,23-,27-,28-,29-,30+/m1/s1. The molecule has 0 heterocycles. The molecule has 0 aromatic heterocycles. The monoisotopic (exact) mass is 472 g/mol. The Morgan fingerprint density at radius 2 is 1.56 bits per heavy atom. The van der Waals surface area contributed by atoms with Gasteiger partial charge in [0, 0.05) is 0 Å². The number of fused-ring (bicyclic) bond motifs is 7. The molecule has 5 aliphatic carbocycles. The van der Waals surface area contributed by atoms with E-state index in [4.69, 9.17) is 0 Å². The van der Waals surface area contributed by atoms with Gasteiger partial charge < -0.3 is 15.3 Å². The summed E-state index contributed by atoms with van der Waals surface area (Å²) < 4.78 is 0. The third-order valence-electron chi connectivity index (χ3n) is 12.9. The van der Waals surface area contributed by atoms with Gasteiger partial charge in [-0.1, -0.05) is 60.1 Å². The highest BCUT2D eigenvalue weighted by atomic mass is 16.4. The molecular weight excluding hydrogens is 424 g/mol. The van der Waals surface area contributed by atoms with Crippen LogP contribution in [0.2, 0.25) is 0 Å². The molecule has 0 unspecified atom stereocenters. The Bertz CT molecular complexity index is 919. The quantitative estimate of drug-likeness (QED) is 0.397. The fourth-order valence-electron chi connectivity index (χ4n) is 10.8. The Morgan fingerprint density at radius 3 is 2.21 bits per heavy atom. The number of hydrogen-bond donors (Lipinski definition) is 3. The minimum absolute atomic E-state index is 0.0344.